The molecular weight excluding hydrogens is 322 g/mol. The van der Waals surface area contributed by atoms with E-state index in [4.69, 9.17) is 10.5 Å². The van der Waals surface area contributed by atoms with Crippen LogP contribution in [-0.4, -0.2) is 6.10 Å². The fourth-order valence-corrected chi connectivity index (χ4v) is 3.44. The summed E-state index contributed by atoms with van der Waals surface area (Å²) in [7, 11) is 0. The molecule has 0 amide bonds. The van der Waals surface area contributed by atoms with Crippen LogP contribution in [0.15, 0.2) is 34.8 Å². The molecule has 4 heteroatoms. The van der Waals surface area contributed by atoms with Crippen LogP contribution >= 0.6 is 27.3 Å². The summed E-state index contributed by atoms with van der Waals surface area (Å²) < 4.78 is 6.83. The van der Waals surface area contributed by atoms with Gasteiger partial charge < -0.3 is 10.5 Å². The monoisotopic (exact) mass is 339 g/mol. The Balaban J connectivity index is 2.25. The molecule has 0 aliphatic rings. The second kappa shape index (κ2) is 6.07. The smallest absolute Gasteiger partial charge is 0.120 e. The highest BCUT2D eigenvalue weighted by Gasteiger charge is 2.14. The zero-order valence-corrected chi connectivity index (χ0v) is 13.7. The number of benzene rings is 1. The summed E-state index contributed by atoms with van der Waals surface area (Å²) in [5.41, 5.74) is 7.41. The lowest BCUT2D eigenvalue weighted by Crippen LogP contribution is -2.11. The van der Waals surface area contributed by atoms with Gasteiger partial charge in [0.2, 0.25) is 0 Å². The molecule has 0 saturated heterocycles. The Labute approximate surface area is 126 Å². The summed E-state index contributed by atoms with van der Waals surface area (Å²) in [4.78, 5) is 2.41. The van der Waals surface area contributed by atoms with E-state index in [0.29, 0.717) is 0 Å². The highest BCUT2D eigenvalue weighted by Crippen LogP contribution is 2.33. The van der Waals surface area contributed by atoms with Gasteiger partial charge in [0.15, 0.2) is 0 Å². The van der Waals surface area contributed by atoms with E-state index in [-0.39, 0.29) is 12.1 Å². The van der Waals surface area contributed by atoms with Crippen LogP contribution < -0.4 is 10.5 Å². The first-order valence-electron chi connectivity index (χ1n) is 6.25. The molecule has 102 valence electrons. The molecule has 1 aromatic carbocycles. The van der Waals surface area contributed by atoms with Gasteiger partial charge in [-0.25, -0.2) is 0 Å². The Kier molecular flexibility index (Phi) is 4.66. The highest BCUT2D eigenvalue weighted by atomic mass is 79.9. The van der Waals surface area contributed by atoms with Gasteiger partial charge in [-0.2, -0.15) is 0 Å². The Morgan fingerprint density at radius 1 is 1.26 bits per heavy atom. The van der Waals surface area contributed by atoms with E-state index < -0.39 is 0 Å². The number of halogens is 1. The molecule has 19 heavy (non-hydrogen) atoms. The molecule has 1 aromatic heterocycles. The highest BCUT2D eigenvalue weighted by molar-refractivity contribution is 9.10. The third-order valence-corrected chi connectivity index (χ3v) is 4.99. The molecule has 2 nitrogen and oxygen atoms in total. The van der Waals surface area contributed by atoms with Crippen LogP contribution in [-0.2, 0) is 0 Å². The van der Waals surface area contributed by atoms with Gasteiger partial charge in [0.05, 0.1) is 12.1 Å². The second-order valence-corrected chi connectivity index (χ2v) is 6.91. The predicted molar refractivity (Wildman–Crippen MR) is 85.0 cm³/mol. The van der Waals surface area contributed by atoms with Crippen molar-refractivity contribution in [1.29, 1.82) is 0 Å². The maximum absolute atomic E-state index is 6.33. The van der Waals surface area contributed by atoms with Crippen LogP contribution in [0.5, 0.6) is 5.75 Å². The molecule has 0 bridgehead atoms. The first kappa shape index (κ1) is 14.6. The lowest BCUT2D eigenvalue weighted by molar-refractivity contribution is 0.242. The van der Waals surface area contributed by atoms with Crippen molar-refractivity contribution in [3.63, 3.8) is 0 Å². The summed E-state index contributed by atoms with van der Waals surface area (Å²) >= 11 is 5.26. The van der Waals surface area contributed by atoms with E-state index in [9.17, 15) is 0 Å². The summed E-state index contributed by atoms with van der Waals surface area (Å²) in [5.74, 6) is 0.871. The molecule has 2 N–H and O–H groups in total. The Hall–Kier alpha value is -0.840. The number of nitrogens with two attached hydrogens (primary N) is 1. The van der Waals surface area contributed by atoms with E-state index >= 15 is 0 Å². The molecule has 1 atom stereocenters. The Bertz CT molecular complexity index is 546. The largest absolute Gasteiger partial charge is 0.491 e. The van der Waals surface area contributed by atoms with Gasteiger partial charge in [0.1, 0.15) is 5.75 Å². The van der Waals surface area contributed by atoms with Crippen molar-refractivity contribution >= 4 is 27.3 Å². The Morgan fingerprint density at radius 2 is 2.00 bits per heavy atom. The average molecular weight is 340 g/mol. The van der Waals surface area contributed by atoms with Gasteiger partial charge in [-0.1, -0.05) is 12.1 Å². The SMILES string of the molecule is Cc1sc(C(N)c2cccc(OC(C)C)c2)cc1Br. The lowest BCUT2D eigenvalue weighted by Gasteiger charge is -2.14. The van der Waals surface area contributed by atoms with Crippen molar-refractivity contribution in [2.45, 2.75) is 32.9 Å². The molecule has 0 aliphatic carbocycles. The minimum atomic E-state index is -0.106. The first-order chi connectivity index (χ1) is 8.97. The van der Waals surface area contributed by atoms with Gasteiger partial charge in [0, 0.05) is 14.2 Å². The van der Waals surface area contributed by atoms with E-state index in [1.165, 1.54) is 4.88 Å². The predicted octanol–water partition coefficient (Wildman–Crippen LogP) is 4.65. The normalized spacial score (nSPS) is 12.7. The molecule has 2 aromatic rings. The number of aryl methyl sites for hydroxylation is 1. The fraction of sp³-hybridized carbons (Fsp3) is 0.333. The minimum absolute atomic E-state index is 0.106. The number of ether oxygens (including phenoxy) is 1. The van der Waals surface area contributed by atoms with E-state index in [1.54, 1.807) is 11.3 Å². The third kappa shape index (κ3) is 3.59. The minimum Gasteiger partial charge on any atom is -0.491 e. The van der Waals surface area contributed by atoms with Crippen molar-refractivity contribution < 1.29 is 4.74 Å². The van der Waals surface area contributed by atoms with Crippen molar-refractivity contribution in [3.8, 4) is 5.75 Å². The van der Waals surface area contributed by atoms with Crippen LogP contribution in [0.3, 0.4) is 0 Å². The van der Waals surface area contributed by atoms with Gasteiger partial charge in [-0.05, 0) is 60.5 Å². The van der Waals surface area contributed by atoms with E-state index in [2.05, 4.69) is 28.9 Å². The number of hydrogen-bond donors (Lipinski definition) is 1. The van der Waals surface area contributed by atoms with Crippen LogP contribution in [0.25, 0.3) is 0 Å². The topological polar surface area (TPSA) is 35.2 Å². The number of hydrogen-bond acceptors (Lipinski definition) is 3. The molecule has 1 heterocycles. The molecule has 1 unspecified atom stereocenters. The zero-order chi connectivity index (χ0) is 14.0. The molecular formula is C15H18BrNOS. The number of rotatable bonds is 4. The van der Waals surface area contributed by atoms with Crippen molar-refractivity contribution in [2.75, 3.05) is 0 Å². The lowest BCUT2D eigenvalue weighted by atomic mass is 10.1. The average Bonchev–Trinajstić information content (AvgIpc) is 2.68. The molecule has 0 saturated carbocycles. The van der Waals surface area contributed by atoms with Crippen molar-refractivity contribution in [1.82, 2.24) is 0 Å². The Morgan fingerprint density at radius 3 is 2.58 bits per heavy atom. The van der Waals surface area contributed by atoms with Crippen LogP contribution in [0.2, 0.25) is 0 Å². The maximum atomic E-state index is 6.33. The van der Waals surface area contributed by atoms with Gasteiger partial charge in [-0.3, -0.25) is 0 Å². The standard InChI is InChI=1S/C15H18BrNOS/c1-9(2)18-12-6-4-5-11(7-12)15(17)14-8-13(16)10(3)19-14/h4-9,15H,17H2,1-3H3. The molecule has 0 fully saturated rings. The van der Waals surface area contributed by atoms with Gasteiger partial charge >= 0.3 is 0 Å². The van der Waals surface area contributed by atoms with Gasteiger partial charge in [0.25, 0.3) is 0 Å². The molecule has 0 spiro atoms. The molecule has 0 aliphatic heterocycles. The molecule has 2 rings (SSSR count). The van der Waals surface area contributed by atoms with Crippen LogP contribution in [0, 0.1) is 6.92 Å². The van der Waals surface area contributed by atoms with Crippen molar-refractivity contribution in [2.24, 2.45) is 5.73 Å². The summed E-state index contributed by atoms with van der Waals surface area (Å²) in [5, 5.41) is 0. The van der Waals surface area contributed by atoms with Crippen molar-refractivity contribution in [3.05, 3.63) is 50.1 Å². The number of thiophene rings is 1. The fourth-order valence-electron chi connectivity index (χ4n) is 1.85. The summed E-state index contributed by atoms with van der Waals surface area (Å²) in [6, 6.07) is 10.0. The van der Waals surface area contributed by atoms with Gasteiger partial charge in [-0.15, -0.1) is 11.3 Å². The van der Waals surface area contributed by atoms with E-state index in [1.807, 2.05) is 38.1 Å². The summed E-state index contributed by atoms with van der Waals surface area (Å²) in [6.07, 6.45) is 0.171. The van der Waals surface area contributed by atoms with Crippen LogP contribution in [0.1, 0.15) is 35.2 Å². The first-order valence-corrected chi connectivity index (χ1v) is 7.86. The summed E-state index contributed by atoms with van der Waals surface area (Å²) in [6.45, 7) is 6.13. The zero-order valence-electron chi connectivity index (χ0n) is 11.3. The van der Waals surface area contributed by atoms with E-state index in [0.717, 1.165) is 20.7 Å². The van der Waals surface area contributed by atoms with Crippen LogP contribution in [0.4, 0.5) is 0 Å². The molecule has 0 radical (unpaired) electrons. The quantitative estimate of drug-likeness (QED) is 0.879. The maximum Gasteiger partial charge on any atom is 0.120 e. The second-order valence-electron chi connectivity index (χ2n) is 4.77. The third-order valence-electron chi connectivity index (χ3n) is 2.77.